The van der Waals surface area contributed by atoms with Crippen LogP contribution in [0, 0.1) is 5.82 Å². The van der Waals surface area contributed by atoms with Gasteiger partial charge in [-0.2, -0.15) is 0 Å². The minimum Gasteiger partial charge on any atom is -0.494 e. The maximum absolute atomic E-state index is 13.6. The van der Waals surface area contributed by atoms with Crippen molar-refractivity contribution >= 4 is 11.7 Å². The number of amides is 1. The molecule has 20 heavy (non-hydrogen) atoms. The molecule has 0 saturated carbocycles. The van der Waals surface area contributed by atoms with Crippen molar-refractivity contribution in [2.45, 2.75) is 25.7 Å². The zero-order chi connectivity index (χ0) is 14.5. The molecule has 0 radical (unpaired) electrons. The first-order valence-electron chi connectivity index (χ1n) is 6.76. The van der Waals surface area contributed by atoms with Crippen LogP contribution in [0.3, 0.4) is 0 Å². The Hall–Kier alpha value is -1.91. The molecule has 108 valence electrons. The normalized spacial score (nSPS) is 15.9. The number of ether oxygens (including phenoxy) is 1. The van der Waals surface area contributed by atoms with E-state index in [9.17, 15) is 14.0 Å². The third-order valence-electron chi connectivity index (χ3n) is 3.48. The average Bonchev–Trinajstić information content (AvgIpc) is 2.64. The van der Waals surface area contributed by atoms with E-state index in [0.29, 0.717) is 13.0 Å². The van der Waals surface area contributed by atoms with Crippen LogP contribution < -0.4 is 4.74 Å². The van der Waals surface area contributed by atoms with E-state index in [1.807, 2.05) is 0 Å². The fraction of sp³-hybridized carbons (Fsp3) is 0.467. The van der Waals surface area contributed by atoms with Crippen molar-refractivity contribution in [2.75, 3.05) is 20.2 Å². The lowest BCUT2D eigenvalue weighted by Crippen LogP contribution is -2.35. The monoisotopic (exact) mass is 279 g/mol. The van der Waals surface area contributed by atoms with Crippen LogP contribution in [0.4, 0.5) is 4.39 Å². The third kappa shape index (κ3) is 3.35. The quantitative estimate of drug-likeness (QED) is 0.795. The average molecular weight is 279 g/mol. The number of halogens is 1. The molecule has 2 rings (SSSR count). The maximum atomic E-state index is 13.6. The summed E-state index contributed by atoms with van der Waals surface area (Å²) in [6.07, 6.45) is 3.29. The molecule has 1 fully saturated rings. The van der Waals surface area contributed by atoms with Crippen LogP contribution in [0.2, 0.25) is 0 Å². The first-order chi connectivity index (χ1) is 9.61. The van der Waals surface area contributed by atoms with Crippen molar-refractivity contribution in [3.63, 3.8) is 0 Å². The van der Waals surface area contributed by atoms with Gasteiger partial charge in [-0.05, 0) is 31.0 Å². The third-order valence-corrected chi connectivity index (χ3v) is 3.48. The molecular formula is C15H18FNO3. The molecule has 1 heterocycles. The lowest BCUT2D eigenvalue weighted by atomic mass is 10.1. The first kappa shape index (κ1) is 14.5. The summed E-state index contributed by atoms with van der Waals surface area (Å²) >= 11 is 0. The molecule has 0 atom stereocenters. The second kappa shape index (κ2) is 6.50. The highest BCUT2D eigenvalue weighted by Crippen LogP contribution is 2.19. The lowest BCUT2D eigenvalue weighted by Gasteiger charge is -2.19. The van der Waals surface area contributed by atoms with Crippen molar-refractivity contribution in [3.05, 3.63) is 29.6 Å². The number of methoxy groups -OCH3 is 1. The zero-order valence-corrected chi connectivity index (χ0v) is 11.5. The number of nitrogens with zero attached hydrogens (tertiary/aromatic N) is 1. The summed E-state index contributed by atoms with van der Waals surface area (Å²) in [4.78, 5) is 25.5. The van der Waals surface area contributed by atoms with Gasteiger partial charge in [0.2, 0.25) is 5.91 Å². The highest BCUT2D eigenvalue weighted by molar-refractivity contribution is 5.99. The summed E-state index contributed by atoms with van der Waals surface area (Å²) in [6, 6.07) is 4.10. The Morgan fingerprint density at radius 3 is 2.85 bits per heavy atom. The van der Waals surface area contributed by atoms with Crippen molar-refractivity contribution < 1.29 is 18.7 Å². The van der Waals surface area contributed by atoms with Crippen LogP contribution in [0.1, 0.15) is 36.0 Å². The summed E-state index contributed by atoms with van der Waals surface area (Å²) in [5, 5.41) is 0. The summed E-state index contributed by atoms with van der Waals surface area (Å²) in [5.41, 5.74) is 0.264. The van der Waals surface area contributed by atoms with Crippen LogP contribution in [0.5, 0.6) is 5.75 Å². The van der Waals surface area contributed by atoms with E-state index in [0.717, 1.165) is 25.3 Å². The number of carbonyl (C=O) groups excluding carboxylic acids is 2. The Bertz CT molecular complexity index is 516. The van der Waals surface area contributed by atoms with Crippen molar-refractivity contribution in [3.8, 4) is 5.75 Å². The van der Waals surface area contributed by atoms with Crippen LogP contribution in [-0.4, -0.2) is 36.8 Å². The molecule has 0 bridgehead atoms. The molecule has 0 spiro atoms. The molecule has 0 unspecified atom stereocenters. The van der Waals surface area contributed by atoms with Gasteiger partial charge in [-0.3, -0.25) is 9.59 Å². The fourth-order valence-electron chi connectivity index (χ4n) is 2.31. The minimum atomic E-state index is -0.569. The van der Waals surface area contributed by atoms with Gasteiger partial charge in [-0.1, -0.05) is 6.42 Å². The van der Waals surface area contributed by atoms with E-state index in [4.69, 9.17) is 4.74 Å². The summed E-state index contributed by atoms with van der Waals surface area (Å²) in [6.45, 7) is 0.619. The fourth-order valence-corrected chi connectivity index (χ4v) is 2.31. The summed E-state index contributed by atoms with van der Waals surface area (Å²) < 4.78 is 18.4. The molecule has 0 aliphatic carbocycles. The predicted molar refractivity (Wildman–Crippen MR) is 72.3 cm³/mol. The Morgan fingerprint density at radius 2 is 2.15 bits per heavy atom. The van der Waals surface area contributed by atoms with Gasteiger partial charge in [0.05, 0.1) is 13.7 Å². The van der Waals surface area contributed by atoms with Gasteiger partial charge in [0.15, 0.2) is 17.3 Å². The summed E-state index contributed by atoms with van der Waals surface area (Å²) in [7, 11) is 1.37. The smallest absolute Gasteiger partial charge is 0.222 e. The van der Waals surface area contributed by atoms with E-state index in [2.05, 4.69) is 0 Å². The topological polar surface area (TPSA) is 46.6 Å². The Labute approximate surface area is 117 Å². The lowest BCUT2D eigenvalue weighted by molar-refractivity contribution is -0.130. The number of Topliss-reactive ketones (excluding diaryl/α,β-unsaturated/α-hetero) is 1. The largest absolute Gasteiger partial charge is 0.494 e. The molecule has 1 aliphatic rings. The van der Waals surface area contributed by atoms with Crippen LogP contribution >= 0.6 is 0 Å². The van der Waals surface area contributed by atoms with Gasteiger partial charge in [-0.25, -0.2) is 4.39 Å². The SMILES string of the molecule is COc1ccc(C(=O)CN2CCCCCC2=O)cc1F. The van der Waals surface area contributed by atoms with E-state index in [-0.39, 0.29) is 29.5 Å². The van der Waals surface area contributed by atoms with Crippen LogP contribution in [0.25, 0.3) is 0 Å². The first-order valence-corrected chi connectivity index (χ1v) is 6.76. The predicted octanol–water partition coefficient (Wildman–Crippen LogP) is 2.42. The van der Waals surface area contributed by atoms with Crippen molar-refractivity contribution in [2.24, 2.45) is 0 Å². The van der Waals surface area contributed by atoms with E-state index in [1.165, 1.54) is 19.2 Å². The van der Waals surface area contributed by atoms with Crippen LogP contribution in [-0.2, 0) is 4.79 Å². The summed E-state index contributed by atoms with van der Waals surface area (Å²) in [5.74, 6) is -0.709. The second-order valence-electron chi connectivity index (χ2n) is 4.90. The molecule has 1 amide bonds. The highest BCUT2D eigenvalue weighted by atomic mass is 19.1. The van der Waals surface area contributed by atoms with Gasteiger partial charge in [0.1, 0.15) is 0 Å². The molecule has 1 aliphatic heterocycles. The standard InChI is InChI=1S/C15H18FNO3/c1-20-14-7-6-11(9-12(14)16)13(18)10-17-8-4-2-3-5-15(17)19/h6-7,9H,2-5,8,10H2,1H3. The van der Waals surface area contributed by atoms with Gasteiger partial charge in [-0.15, -0.1) is 0 Å². The Kier molecular flexibility index (Phi) is 4.71. The number of rotatable bonds is 4. The number of ketones is 1. The van der Waals surface area contributed by atoms with E-state index < -0.39 is 5.82 Å². The molecule has 1 saturated heterocycles. The number of benzene rings is 1. The zero-order valence-electron chi connectivity index (χ0n) is 11.5. The van der Waals surface area contributed by atoms with Crippen LogP contribution in [0.15, 0.2) is 18.2 Å². The highest BCUT2D eigenvalue weighted by Gasteiger charge is 2.20. The van der Waals surface area contributed by atoms with Gasteiger partial charge in [0.25, 0.3) is 0 Å². The minimum absolute atomic E-state index is 0.00448. The maximum Gasteiger partial charge on any atom is 0.222 e. The van der Waals surface area contributed by atoms with Gasteiger partial charge in [0, 0.05) is 18.5 Å². The molecule has 1 aromatic carbocycles. The molecule has 1 aromatic rings. The van der Waals surface area contributed by atoms with E-state index in [1.54, 1.807) is 4.90 Å². The molecule has 4 nitrogen and oxygen atoms in total. The Balaban J connectivity index is 2.07. The number of hydrogen-bond donors (Lipinski definition) is 0. The van der Waals surface area contributed by atoms with Crippen molar-refractivity contribution in [1.82, 2.24) is 4.90 Å². The molecule has 0 aromatic heterocycles. The van der Waals surface area contributed by atoms with Crippen molar-refractivity contribution in [1.29, 1.82) is 0 Å². The number of likely N-dealkylation sites (tertiary alicyclic amines) is 1. The van der Waals surface area contributed by atoms with E-state index >= 15 is 0 Å². The number of hydrogen-bond acceptors (Lipinski definition) is 3. The number of carbonyl (C=O) groups is 2. The molecule has 0 N–H and O–H groups in total. The second-order valence-corrected chi connectivity index (χ2v) is 4.90. The molecular weight excluding hydrogens is 261 g/mol. The van der Waals surface area contributed by atoms with Gasteiger partial charge < -0.3 is 9.64 Å². The van der Waals surface area contributed by atoms with Gasteiger partial charge >= 0.3 is 0 Å². The Morgan fingerprint density at radius 1 is 1.35 bits per heavy atom. The molecule has 5 heteroatoms.